The molecule has 1 aliphatic rings. The highest BCUT2D eigenvalue weighted by atomic mass is 16.3. The number of aliphatic hydroxyl groups is 1. The Kier molecular flexibility index (Phi) is 5.62. The van der Waals surface area contributed by atoms with Crippen LogP contribution in [0.25, 0.3) is 0 Å². The molecule has 0 radical (unpaired) electrons. The number of benzene rings is 1. The second-order valence-electron chi connectivity index (χ2n) is 5.72. The fourth-order valence-electron chi connectivity index (χ4n) is 2.74. The first-order chi connectivity index (χ1) is 10.2. The highest BCUT2D eigenvalue weighted by Gasteiger charge is 2.29. The minimum atomic E-state index is 0.0966. The second-order valence-corrected chi connectivity index (χ2v) is 5.72. The van der Waals surface area contributed by atoms with Gasteiger partial charge in [-0.15, -0.1) is 0 Å². The number of amides is 1. The van der Waals surface area contributed by atoms with Gasteiger partial charge in [-0.05, 0) is 63.3 Å². The molecule has 0 spiro atoms. The van der Waals surface area contributed by atoms with Crippen LogP contribution in [-0.4, -0.2) is 41.7 Å². The van der Waals surface area contributed by atoms with Gasteiger partial charge in [0.25, 0.3) is 5.91 Å². The molecule has 1 fully saturated rings. The number of aryl methyl sites for hydroxylation is 1. The van der Waals surface area contributed by atoms with Gasteiger partial charge in [-0.3, -0.25) is 4.79 Å². The van der Waals surface area contributed by atoms with Crippen molar-refractivity contribution < 1.29 is 9.90 Å². The fraction of sp³-hybridized carbons (Fsp3) is 0.588. The molecule has 4 heteroatoms. The van der Waals surface area contributed by atoms with E-state index in [0.29, 0.717) is 19.0 Å². The van der Waals surface area contributed by atoms with Gasteiger partial charge in [0.05, 0.1) is 0 Å². The van der Waals surface area contributed by atoms with Crippen molar-refractivity contribution in [2.45, 2.75) is 45.6 Å². The highest BCUT2D eigenvalue weighted by molar-refractivity contribution is 5.95. The summed E-state index contributed by atoms with van der Waals surface area (Å²) in [6.07, 6.45) is 4.03. The van der Waals surface area contributed by atoms with E-state index in [0.717, 1.165) is 36.2 Å². The molecule has 2 N–H and O–H groups in total. The molecular formula is C17H26N2O2. The first-order valence-electron chi connectivity index (χ1n) is 7.93. The van der Waals surface area contributed by atoms with E-state index in [2.05, 4.69) is 12.2 Å². The molecule has 0 aliphatic heterocycles. The van der Waals surface area contributed by atoms with Crippen LogP contribution in [0.15, 0.2) is 18.2 Å². The number of nitrogens with one attached hydrogen (secondary N) is 1. The summed E-state index contributed by atoms with van der Waals surface area (Å²) in [6.45, 7) is 5.74. The lowest BCUT2D eigenvalue weighted by Crippen LogP contribution is -2.45. The van der Waals surface area contributed by atoms with Crippen molar-refractivity contribution in [2.24, 2.45) is 0 Å². The van der Waals surface area contributed by atoms with E-state index in [9.17, 15) is 4.79 Å². The third-order valence-corrected chi connectivity index (χ3v) is 4.17. The lowest BCUT2D eigenvalue weighted by molar-refractivity contribution is 0.0562. The second kappa shape index (κ2) is 7.46. The van der Waals surface area contributed by atoms with Gasteiger partial charge in [0.15, 0.2) is 0 Å². The van der Waals surface area contributed by atoms with Crippen molar-refractivity contribution in [2.75, 3.05) is 25.0 Å². The number of aliphatic hydroxyl groups excluding tert-OH is 1. The molecule has 116 valence electrons. The molecule has 0 saturated heterocycles. The maximum atomic E-state index is 12.7. The number of carbonyl (C=O) groups excluding carboxylic acids is 1. The van der Waals surface area contributed by atoms with Crippen molar-refractivity contribution in [3.8, 4) is 0 Å². The molecule has 21 heavy (non-hydrogen) atoms. The predicted molar refractivity (Wildman–Crippen MR) is 85.7 cm³/mol. The lowest BCUT2D eigenvalue weighted by Gasteiger charge is -2.37. The van der Waals surface area contributed by atoms with Gasteiger partial charge in [-0.1, -0.05) is 0 Å². The van der Waals surface area contributed by atoms with Crippen LogP contribution in [0.3, 0.4) is 0 Å². The highest BCUT2D eigenvalue weighted by Crippen LogP contribution is 2.27. The molecular weight excluding hydrogens is 264 g/mol. The monoisotopic (exact) mass is 290 g/mol. The van der Waals surface area contributed by atoms with Crippen LogP contribution < -0.4 is 5.32 Å². The minimum absolute atomic E-state index is 0.0966. The summed E-state index contributed by atoms with van der Waals surface area (Å²) in [5.74, 6) is 0.0966. The molecule has 0 unspecified atom stereocenters. The fourth-order valence-corrected chi connectivity index (χ4v) is 2.74. The lowest BCUT2D eigenvalue weighted by atomic mass is 9.90. The summed E-state index contributed by atoms with van der Waals surface area (Å²) in [5, 5.41) is 12.3. The van der Waals surface area contributed by atoms with E-state index in [1.54, 1.807) is 0 Å². The van der Waals surface area contributed by atoms with Crippen LogP contribution in [0.2, 0.25) is 0 Å². The third-order valence-electron chi connectivity index (χ3n) is 4.17. The number of rotatable bonds is 7. The van der Waals surface area contributed by atoms with Crippen molar-refractivity contribution in [1.82, 2.24) is 4.90 Å². The van der Waals surface area contributed by atoms with E-state index >= 15 is 0 Å². The first kappa shape index (κ1) is 15.8. The molecule has 1 aromatic carbocycles. The van der Waals surface area contributed by atoms with E-state index in [-0.39, 0.29) is 12.5 Å². The molecule has 1 aliphatic carbocycles. The van der Waals surface area contributed by atoms with Crippen LogP contribution in [-0.2, 0) is 0 Å². The van der Waals surface area contributed by atoms with Crippen LogP contribution >= 0.6 is 0 Å². The molecule has 1 amide bonds. The van der Waals surface area contributed by atoms with Gasteiger partial charge in [-0.25, -0.2) is 0 Å². The van der Waals surface area contributed by atoms with Crippen molar-refractivity contribution in [1.29, 1.82) is 0 Å². The third kappa shape index (κ3) is 3.76. The van der Waals surface area contributed by atoms with Gasteiger partial charge < -0.3 is 15.3 Å². The van der Waals surface area contributed by atoms with Gasteiger partial charge in [0.1, 0.15) is 0 Å². The van der Waals surface area contributed by atoms with E-state index < -0.39 is 0 Å². The molecule has 0 aromatic heterocycles. The molecule has 0 heterocycles. The minimum Gasteiger partial charge on any atom is -0.396 e. The van der Waals surface area contributed by atoms with Crippen molar-refractivity contribution in [3.05, 3.63) is 29.3 Å². The number of hydrogen-bond acceptors (Lipinski definition) is 3. The normalized spacial score (nSPS) is 14.6. The number of anilines is 1. The van der Waals surface area contributed by atoms with Crippen LogP contribution in [0, 0.1) is 6.92 Å². The van der Waals surface area contributed by atoms with Crippen LogP contribution in [0.1, 0.15) is 48.5 Å². The Hall–Kier alpha value is -1.55. The summed E-state index contributed by atoms with van der Waals surface area (Å²) in [7, 11) is 0. The summed E-state index contributed by atoms with van der Waals surface area (Å²) >= 11 is 0. The molecule has 0 bridgehead atoms. The van der Waals surface area contributed by atoms with Gasteiger partial charge >= 0.3 is 0 Å². The average Bonchev–Trinajstić information content (AvgIpc) is 2.43. The summed E-state index contributed by atoms with van der Waals surface area (Å²) in [5.41, 5.74) is 2.93. The van der Waals surface area contributed by atoms with Crippen LogP contribution in [0.4, 0.5) is 5.69 Å². The zero-order chi connectivity index (χ0) is 15.2. The largest absolute Gasteiger partial charge is 0.396 e. The van der Waals surface area contributed by atoms with Crippen molar-refractivity contribution >= 4 is 11.6 Å². The Bertz CT molecular complexity index is 484. The zero-order valence-corrected chi connectivity index (χ0v) is 13.1. The summed E-state index contributed by atoms with van der Waals surface area (Å²) in [4.78, 5) is 14.7. The number of carbonyl (C=O) groups is 1. The maximum Gasteiger partial charge on any atom is 0.254 e. The van der Waals surface area contributed by atoms with E-state index in [1.807, 2.05) is 30.0 Å². The van der Waals surface area contributed by atoms with Gasteiger partial charge in [0, 0.05) is 37.0 Å². The Morgan fingerprint density at radius 2 is 2.19 bits per heavy atom. The quantitative estimate of drug-likeness (QED) is 0.812. The SMILES string of the molecule is CCNc1ccc(C(=O)N(CCCO)C2CCC2)cc1C. The van der Waals surface area contributed by atoms with Gasteiger partial charge in [0.2, 0.25) is 0 Å². The Morgan fingerprint density at radius 1 is 1.43 bits per heavy atom. The molecule has 2 rings (SSSR count). The topological polar surface area (TPSA) is 52.6 Å². The summed E-state index contributed by atoms with van der Waals surface area (Å²) in [6, 6.07) is 6.21. The average molecular weight is 290 g/mol. The zero-order valence-electron chi connectivity index (χ0n) is 13.1. The number of nitrogens with zero attached hydrogens (tertiary/aromatic N) is 1. The number of hydrogen-bond donors (Lipinski definition) is 2. The van der Waals surface area contributed by atoms with E-state index in [1.165, 1.54) is 6.42 Å². The molecule has 0 atom stereocenters. The van der Waals surface area contributed by atoms with E-state index in [4.69, 9.17) is 5.11 Å². The van der Waals surface area contributed by atoms with Crippen molar-refractivity contribution in [3.63, 3.8) is 0 Å². The molecule has 1 aromatic rings. The molecule has 1 saturated carbocycles. The molecule has 4 nitrogen and oxygen atoms in total. The maximum absolute atomic E-state index is 12.7. The Labute approximate surface area is 127 Å². The smallest absolute Gasteiger partial charge is 0.254 e. The predicted octanol–water partition coefficient (Wildman–Crippen LogP) is 2.80. The van der Waals surface area contributed by atoms with Crippen LogP contribution in [0.5, 0.6) is 0 Å². The first-order valence-corrected chi connectivity index (χ1v) is 7.93. The Balaban J connectivity index is 2.13. The summed E-state index contributed by atoms with van der Waals surface area (Å²) < 4.78 is 0. The Morgan fingerprint density at radius 3 is 2.71 bits per heavy atom. The standard InChI is InChI=1S/C17H26N2O2/c1-3-18-16-9-8-14(12-13(16)2)17(21)19(10-5-11-20)15-6-4-7-15/h8-9,12,15,18,20H,3-7,10-11H2,1-2H3. The van der Waals surface area contributed by atoms with Gasteiger partial charge in [-0.2, -0.15) is 0 Å².